The van der Waals surface area contributed by atoms with Crippen molar-refractivity contribution in [3.63, 3.8) is 0 Å². The summed E-state index contributed by atoms with van der Waals surface area (Å²) in [6.45, 7) is 0.827. The van der Waals surface area contributed by atoms with Gasteiger partial charge < -0.3 is 15.6 Å². The third kappa shape index (κ3) is 1.93. The summed E-state index contributed by atoms with van der Waals surface area (Å²) in [5.74, 6) is 7.18. The molecule has 0 saturated carbocycles. The highest BCUT2D eigenvalue weighted by atomic mass is 16.5. The van der Waals surface area contributed by atoms with Gasteiger partial charge in [0.1, 0.15) is 0 Å². The molecule has 1 fully saturated rings. The lowest BCUT2D eigenvalue weighted by Crippen LogP contribution is -2.31. The maximum Gasteiger partial charge on any atom is 0.0934 e. The van der Waals surface area contributed by atoms with Crippen LogP contribution in [0.4, 0.5) is 0 Å². The monoisotopic (exact) mass is 129 g/mol. The second kappa shape index (κ2) is 3.15. The van der Waals surface area contributed by atoms with Gasteiger partial charge in [-0.25, -0.2) is 0 Å². The molecular weight excluding hydrogens is 116 g/mol. The minimum atomic E-state index is 0.0544. The van der Waals surface area contributed by atoms with Gasteiger partial charge in [0, 0.05) is 6.61 Å². The van der Waals surface area contributed by atoms with Crippen LogP contribution in [-0.2, 0) is 4.74 Å². The molecule has 0 aromatic carbocycles. The van der Waals surface area contributed by atoms with Crippen molar-refractivity contribution in [1.82, 2.24) is 5.01 Å². The Morgan fingerprint density at radius 1 is 1.56 bits per heavy atom. The van der Waals surface area contributed by atoms with Crippen molar-refractivity contribution in [2.24, 2.45) is 0 Å². The van der Waals surface area contributed by atoms with E-state index in [0.29, 0.717) is 0 Å². The summed E-state index contributed by atoms with van der Waals surface area (Å²) in [5.41, 5.74) is 0. The van der Waals surface area contributed by atoms with Gasteiger partial charge in [-0.15, -0.1) is 0 Å². The minimum absolute atomic E-state index is 0.0544. The van der Waals surface area contributed by atoms with Crippen LogP contribution in [0.3, 0.4) is 0 Å². The molecule has 54 valence electrons. The third-order valence-electron chi connectivity index (χ3n) is 1.59. The summed E-state index contributed by atoms with van der Waals surface area (Å²) in [6, 6.07) is 0. The first-order valence-electron chi connectivity index (χ1n) is 3.36. The minimum Gasteiger partial charge on any atom is -0.608 e. The number of hydrogen-bond donors (Lipinski definition) is 0. The number of hydrogen-bond acceptors (Lipinski definition) is 2. The first kappa shape index (κ1) is 6.99. The number of rotatable bonds is 1. The van der Waals surface area contributed by atoms with Gasteiger partial charge in [-0.3, -0.25) is 0 Å². The van der Waals surface area contributed by atoms with Gasteiger partial charge >= 0.3 is 0 Å². The largest absolute Gasteiger partial charge is 0.608 e. The average molecular weight is 129 g/mol. The Morgan fingerprint density at radius 2 is 2.33 bits per heavy atom. The van der Waals surface area contributed by atoms with E-state index < -0.39 is 0 Å². The molecule has 1 saturated heterocycles. The molecule has 1 heterocycles. The molecule has 0 amide bonds. The van der Waals surface area contributed by atoms with E-state index >= 15 is 0 Å². The second-order valence-electron chi connectivity index (χ2n) is 2.43. The predicted octanol–water partition coefficient (Wildman–Crippen LogP) is 1.41. The van der Waals surface area contributed by atoms with Gasteiger partial charge in [0.15, 0.2) is 0 Å². The summed E-state index contributed by atoms with van der Waals surface area (Å²) >= 11 is 0. The van der Waals surface area contributed by atoms with Crippen LogP contribution in [-0.4, -0.2) is 24.9 Å². The Labute approximate surface area is 55.7 Å². The van der Waals surface area contributed by atoms with E-state index in [1.54, 1.807) is 7.05 Å². The molecule has 9 heavy (non-hydrogen) atoms. The molecule has 0 bridgehead atoms. The molecule has 1 rings (SSSR count). The van der Waals surface area contributed by atoms with Gasteiger partial charge in [0.2, 0.25) is 0 Å². The first-order chi connectivity index (χ1) is 4.30. The highest BCUT2D eigenvalue weighted by molar-refractivity contribution is 4.62. The standard InChI is InChI=1S/C6H13N2O/c1-8(7)6-4-2-3-5-9-6/h6-7H,2-5H2,1H3/q-1. The molecule has 1 aliphatic rings. The van der Waals surface area contributed by atoms with Crippen molar-refractivity contribution in [1.29, 1.82) is 0 Å². The molecule has 1 atom stereocenters. The first-order valence-corrected chi connectivity index (χ1v) is 3.36. The maximum absolute atomic E-state index is 7.18. The molecule has 1 N–H and O–H groups in total. The lowest BCUT2D eigenvalue weighted by molar-refractivity contribution is -0.0559. The summed E-state index contributed by atoms with van der Waals surface area (Å²) in [4.78, 5) is 0. The number of ether oxygens (including phenoxy) is 1. The maximum atomic E-state index is 7.18. The Morgan fingerprint density at radius 3 is 2.67 bits per heavy atom. The van der Waals surface area contributed by atoms with E-state index in [2.05, 4.69) is 0 Å². The summed E-state index contributed by atoms with van der Waals surface area (Å²) in [6.07, 6.45) is 3.43. The van der Waals surface area contributed by atoms with E-state index in [1.807, 2.05) is 0 Å². The van der Waals surface area contributed by atoms with Crippen LogP contribution >= 0.6 is 0 Å². The zero-order chi connectivity index (χ0) is 6.69. The van der Waals surface area contributed by atoms with Crippen LogP contribution in [0.1, 0.15) is 19.3 Å². The van der Waals surface area contributed by atoms with Gasteiger partial charge in [-0.2, -0.15) is 0 Å². The second-order valence-corrected chi connectivity index (χ2v) is 2.43. The van der Waals surface area contributed by atoms with Gasteiger partial charge in [0.25, 0.3) is 0 Å². The molecule has 1 unspecified atom stereocenters. The van der Waals surface area contributed by atoms with Crippen molar-refractivity contribution in [2.45, 2.75) is 25.5 Å². The van der Waals surface area contributed by atoms with Crippen LogP contribution in [0.15, 0.2) is 0 Å². The summed E-state index contributed by atoms with van der Waals surface area (Å²) in [5, 5.41) is 1.39. The van der Waals surface area contributed by atoms with Crippen LogP contribution < -0.4 is 0 Å². The SMILES string of the molecule is CN([NH-])C1CCCCO1. The van der Waals surface area contributed by atoms with Crippen LogP contribution in [0.2, 0.25) is 0 Å². The van der Waals surface area contributed by atoms with E-state index in [-0.39, 0.29) is 6.23 Å². The molecule has 0 spiro atoms. The zero-order valence-electron chi connectivity index (χ0n) is 5.76. The third-order valence-corrected chi connectivity index (χ3v) is 1.59. The van der Waals surface area contributed by atoms with Crippen molar-refractivity contribution in [2.75, 3.05) is 13.7 Å². The number of nitrogens with one attached hydrogen (secondary N) is 1. The van der Waals surface area contributed by atoms with Crippen LogP contribution in [0.25, 0.3) is 5.84 Å². The smallest absolute Gasteiger partial charge is 0.0934 e. The molecule has 0 aliphatic carbocycles. The zero-order valence-corrected chi connectivity index (χ0v) is 5.76. The topological polar surface area (TPSA) is 36.3 Å². The predicted molar refractivity (Wildman–Crippen MR) is 35.7 cm³/mol. The van der Waals surface area contributed by atoms with E-state index in [1.165, 1.54) is 11.4 Å². The molecule has 0 aromatic heterocycles. The molecular formula is C6H13N2O-. The fourth-order valence-corrected chi connectivity index (χ4v) is 1.03. The van der Waals surface area contributed by atoms with Gasteiger partial charge in [0.05, 0.1) is 6.23 Å². The molecule has 0 aromatic rings. The number of nitrogens with zero attached hydrogens (tertiary/aromatic N) is 1. The van der Waals surface area contributed by atoms with Crippen LogP contribution in [0, 0.1) is 0 Å². The van der Waals surface area contributed by atoms with Crippen molar-refractivity contribution >= 4 is 0 Å². The Bertz CT molecular complexity index is 79.1. The Kier molecular flexibility index (Phi) is 2.45. The van der Waals surface area contributed by atoms with E-state index in [9.17, 15) is 0 Å². The summed E-state index contributed by atoms with van der Waals surface area (Å²) < 4.78 is 5.28. The Balaban J connectivity index is 2.23. The highest BCUT2D eigenvalue weighted by Gasteiger charge is 2.11. The molecule has 3 nitrogen and oxygen atoms in total. The van der Waals surface area contributed by atoms with Crippen LogP contribution in [0.5, 0.6) is 0 Å². The van der Waals surface area contributed by atoms with E-state index in [0.717, 1.165) is 19.4 Å². The van der Waals surface area contributed by atoms with Gasteiger partial charge in [-0.05, 0) is 26.3 Å². The lowest BCUT2D eigenvalue weighted by atomic mass is 10.2. The molecule has 0 radical (unpaired) electrons. The fraction of sp³-hybridized carbons (Fsp3) is 1.00. The Hall–Kier alpha value is -0.120. The van der Waals surface area contributed by atoms with Gasteiger partial charge in [-0.1, -0.05) is 0 Å². The quantitative estimate of drug-likeness (QED) is 0.502. The summed E-state index contributed by atoms with van der Waals surface area (Å²) in [7, 11) is 1.73. The average Bonchev–Trinajstić information content (AvgIpc) is 1.90. The fourth-order valence-electron chi connectivity index (χ4n) is 1.03. The van der Waals surface area contributed by atoms with Crippen molar-refractivity contribution in [3.8, 4) is 0 Å². The normalized spacial score (nSPS) is 29.0. The molecule has 3 heteroatoms. The lowest BCUT2D eigenvalue weighted by Gasteiger charge is -2.34. The molecule has 1 aliphatic heterocycles. The van der Waals surface area contributed by atoms with Crippen molar-refractivity contribution in [3.05, 3.63) is 5.84 Å². The van der Waals surface area contributed by atoms with Crippen molar-refractivity contribution < 1.29 is 4.74 Å². The van der Waals surface area contributed by atoms with E-state index in [4.69, 9.17) is 10.6 Å². The highest BCUT2D eigenvalue weighted by Crippen LogP contribution is 2.14.